The quantitative estimate of drug-likeness (QED) is 0.0540. The van der Waals surface area contributed by atoms with Crippen molar-refractivity contribution in [1.29, 1.82) is 0 Å². The summed E-state index contributed by atoms with van der Waals surface area (Å²) in [4.78, 5) is 89.8. The van der Waals surface area contributed by atoms with E-state index in [0.29, 0.717) is 0 Å². The van der Waals surface area contributed by atoms with E-state index in [-0.39, 0.29) is 0 Å². The van der Waals surface area contributed by atoms with Crippen molar-refractivity contribution in [2.24, 2.45) is 0 Å². The molecule has 32 nitrogen and oxygen atoms in total. The van der Waals surface area contributed by atoms with E-state index in [2.05, 4.69) is 0 Å². The Hall–Kier alpha value is -5.33. The molecule has 0 aliphatic heterocycles. The molecule has 0 aliphatic carbocycles. The molecule has 57 heavy (non-hydrogen) atoms. The lowest BCUT2D eigenvalue weighted by atomic mass is 9.96. The molecule has 0 saturated carbocycles. The Balaban J connectivity index is -0.000000201. The molecule has 11 atom stereocenters. The zero-order valence-corrected chi connectivity index (χ0v) is 28.1. The highest BCUT2D eigenvalue weighted by Crippen LogP contribution is 2.15. The molecule has 0 amide bonds. The third-order valence-corrected chi connectivity index (χ3v) is 5.56. The van der Waals surface area contributed by atoms with Gasteiger partial charge in [0.15, 0.2) is 42.2 Å². The summed E-state index contributed by atoms with van der Waals surface area (Å²) in [6.07, 6.45) is -25.6. The van der Waals surface area contributed by atoms with Crippen molar-refractivity contribution in [3.8, 4) is 0 Å². The summed E-state index contributed by atoms with van der Waals surface area (Å²) in [5, 5.41) is 193. The average Bonchev–Trinajstić information content (AvgIpc) is 3.10. The lowest BCUT2D eigenvalue weighted by Gasteiger charge is -2.23. The van der Waals surface area contributed by atoms with E-state index in [1.165, 1.54) is 0 Å². The molecule has 0 aromatic rings. The minimum absolute atomic E-state index is 0.727. The second-order valence-corrected chi connectivity index (χ2v) is 10.1. The number of carboxylic acids is 9. The fraction of sp³-hybridized carbons (Fsp3) is 0.640. The van der Waals surface area contributed by atoms with Gasteiger partial charge in [-0.1, -0.05) is 0 Å². The van der Waals surface area contributed by atoms with E-state index >= 15 is 0 Å². The summed E-state index contributed by atoms with van der Waals surface area (Å²) >= 11 is 0. The molecule has 0 radical (unpaired) electrons. The van der Waals surface area contributed by atoms with Crippen LogP contribution in [0.1, 0.15) is 12.8 Å². The number of hydrogen-bond donors (Lipinski definition) is 23. The van der Waals surface area contributed by atoms with Gasteiger partial charge in [-0.25, -0.2) is 33.6 Å². The zero-order chi connectivity index (χ0) is 46.9. The minimum Gasteiger partial charge on any atom is -0.481 e. The first-order valence-corrected chi connectivity index (χ1v) is 14.1. The fourth-order valence-corrected chi connectivity index (χ4v) is 2.40. The minimum atomic E-state index is -2.74. The van der Waals surface area contributed by atoms with E-state index in [1.54, 1.807) is 0 Å². The van der Waals surface area contributed by atoms with E-state index < -0.39 is 153 Å². The molecule has 0 aromatic heterocycles. The Morgan fingerprint density at radius 1 is 0.368 bits per heavy atom. The number of carboxylic acid groups (broad SMARTS) is 9. The van der Waals surface area contributed by atoms with Gasteiger partial charge in [0.2, 0.25) is 0 Å². The lowest BCUT2D eigenvalue weighted by Crippen LogP contribution is -2.49. The molecule has 334 valence electrons. The van der Waals surface area contributed by atoms with Crippen molar-refractivity contribution in [1.82, 2.24) is 0 Å². The zero-order valence-electron chi connectivity index (χ0n) is 28.1. The van der Waals surface area contributed by atoms with Crippen molar-refractivity contribution >= 4 is 53.7 Å². The fourth-order valence-electron chi connectivity index (χ4n) is 2.40. The highest BCUT2D eigenvalue weighted by molar-refractivity contribution is 5.88. The second kappa shape index (κ2) is 29.9. The molecular weight excluding hydrogens is 812 g/mol. The predicted octanol–water partition coefficient (Wildman–Crippen LogP) is -11.8. The lowest BCUT2D eigenvalue weighted by molar-refractivity contribution is -0.172. The molecule has 0 aliphatic rings. The Morgan fingerprint density at radius 3 is 0.754 bits per heavy atom. The smallest absolute Gasteiger partial charge is 0.336 e. The van der Waals surface area contributed by atoms with Crippen LogP contribution in [-0.2, 0) is 43.2 Å². The number of hydrogen-bond acceptors (Lipinski definition) is 23. The third kappa shape index (κ3) is 27.0. The van der Waals surface area contributed by atoms with Crippen LogP contribution >= 0.6 is 0 Å². The van der Waals surface area contributed by atoms with Crippen LogP contribution in [0, 0.1) is 0 Å². The average molecular weight is 855 g/mol. The van der Waals surface area contributed by atoms with Crippen LogP contribution < -0.4 is 0 Å². The second-order valence-electron chi connectivity index (χ2n) is 10.1. The van der Waals surface area contributed by atoms with E-state index in [0.717, 1.165) is 0 Å². The van der Waals surface area contributed by atoms with E-state index in [4.69, 9.17) is 117 Å². The van der Waals surface area contributed by atoms with Gasteiger partial charge >= 0.3 is 53.7 Å². The van der Waals surface area contributed by atoms with Crippen LogP contribution in [0.2, 0.25) is 0 Å². The molecule has 0 spiro atoms. The molecular formula is C25H42O32. The first kappa shape index (κ1) is 60.9. The highest BCUT2D eigenvalue weighted by Gasteiger charge is 2.41. The molecule has 0 rings (SSSR count). The maximum atomic E-state index is 10.3. The monoisotopic (exact) mass is 854 g/mol. The molecule has 23 N–H and O–H groups in total. The van der Waals surface area contributed by atoms with E-state index in [1.807, 2.05) is 0 Å². The van der Waals surface area contributed by atoms with Gasteiger partial charge in [-0.15, -0.1) is 0 Å². The molecule has 0 heterocycles. The Kier molecular flexibility index (Phi) is 31.9. The largest absolute Gasteiger partial charge is 0.481 e. The third-order valence-electron chi connectivity index (χ3n) is 5.56. The summed E-state index contributed by atoms with van der Waals surface area (Å²) in [6.45, 7) is -1.57. The number of aliphatic hydroxyl groups is 14. The summed E-state index contributed by atoms with van der Waals surface area (Å²) in [5.74, 6) is -15.4. The van der Waals surface area contributed by atoms with Crippen LogP contribution in [0.15, 0.2) is 0 Å². The summed E-state index contributed by atoms with van der Waals surface area (Å²) in [7, 11) is 0. The van der Waals surface area contributed by atoms with Gasteiger partial charge in [0.25, 0.3) is 0 Å². The summed E-state index contributed by atoms with van der Waals surface area (Å²) in [6, 6.07) is 0. The van der Waals surface area contributed by atoms with Crippen LogP contribution in [0.3, 0.4) is 0 Å². The standard InChI is InChI=1S/C6H10O8.C6H8O7.C6H12O7.C4H6O6.C3H6O4/c7-1(3(9)5(11)12)2(8)4(10)6(13)14;7-3(8)1-6(13,5(11)12)2-4(9)10;7-1-2(8)3(9)4(10)5(11)6(12)13;5-1(3(7)8)2(6)4(9)10;4-1-2(5)3(6)7/h1-4,7-10H,(H,11,12)(H,13,14);13H,1-2H2,(H,7,8)(H,9,10)(H,11,12);2-5,7-11H,1H2,(H,12,13);1-2,5-6H,(H,7,8)(H,9,10);2,4-5H,1H2,(H,6,7). The topological polar surface area (TPSA) is 619 Å². The Morgan fingerprint density at radius 2 is 0.614 bits per heavy atom. The van der Waals surface area contributed by atoms with Crippen LogP contribution in [0.4, 0.5) is 0 Å². The van der Waals surface area contributed by atoms with Gasteiger partial charge in [0.1, 0.15) is 30.5 Å². The molecule has 0 bridgehead atoms. The molecule has 32 heteroatoms. The van der Waals surface area contributed by atoms with Crippen LogP contribution in [-0.4, -0.2) is 257 Å². The normalized spacial score (nSPS) is 16.3. The molecule has 11 unspecified atom stereocenters. The predicted molar refractivity (Wildman–Crippen MR) is 163 cm³/mol. The first-order chi connectivity index (χ1) is 25.6. The highest BCUT2D eigenvalue weighted by atomic mass is 16.5. The summed E-state index contributed by atoms with van der Waals surface area (Å²) in [5.41, 5.74) is -2.74. The van der Waals surface area contributed by atoms with Crippen LogP contribution in [0.25, 0.3) is 0 Å². The van der Waals surface area contributed by atoms with Crippen molar-refractivity contribution in [2.45, 2.75) is 85.6 Å². The Bertz CT molecular complexity index is 1240. The van der Waals surface area contributed by atoms with Gasteiger partial charge in [-0.2, -0.15) is 0 Å². The van der Waals surface area contributed by atoms with Crippen molar-refractivity contribution in [3.05, 3.63) is 0 Å². The number of aliphatic hydroxyl groups excluding tert-OH is 13. The number of aliphatic carboxylic acids is 9. The van der Waals surface area contributed by atoms with Crippen molar-refractivity contribution in [2.75, 3.05) is 13.2 Å². The van der Waals surface area contributed by atoms with Gasteiger partial charge in [0.05, 0.1) is 26.1 Å². The maximum absolute atomic E-state index is 10.3. The first-order valence-electron chi connectivity index (χ1n) is 14.1. The molecule has 0 fully saturated rings. The maximum Gasteiger partial charge on any atom is 0.336 e. The van der Waals surface area contributed by atoms with Crippen molar-refractivity contribution in [3.63, 3.8) is 0 Å². The summed E-state index contributed by atoms with van der Waals surface area (Å²) < 4.78 is 0. The number of rotatable bonds is 20. The van der Waals surface area contributed by atoms with Crippen LogP contribution in [0.5, 0.6) is 0 Å². The SMILES string of the molecule is O=C(O)C(O)C(O)C(=O)O.O=C(O)C(O)C(O)C(O)C(O)C(=O)O.O=C(O)C(O)C(O)C(O)C(O)CO.O=C(O)C(O)CO.O=C(O)CC(O)(CC(=O)O)C(=O)O. The van der Waals surface area contributed by atoms with Crippen molar-refractivity contribution < 1.29 is 161 Å². The Labute approximate surface area is 313 Å². The van der Waals surface area contributed by atoms with Gasteiger partial charge < -0.3 is 117 Å². The molecule has 0 aromatic carbocycles. The van der Waals surface area contributed by atoms with Gasteiger partial charge in [0, 0.05) is 0 Å². The van der Waals surface area contributed by atoms with E-state index in [9.17, 15) is 43.2 Å². The van der Waals surface area contributed by atoms with Gasteiger partial charge in [-0.3, -0.25) is 9.59 Å². The molecule has 0 saturated heterocycles. The van der Waals surface area contributed by atoms with Gasteiger partial charge in [-0.05, 0) is 0 Å². The number of carbonyl (C=O) groups is 9.